The van der Waals surface area contributed by atoms with Gasteiger partial charge in [-0.2, -0.15) is 5.10 Å². The molecule has 1 heterocycles. The number of esters is 1. The number of carbonyl (C=O) groups is 1. The molecule has 0 amide bonds. The van der Waals surface area contributed by atoms with Gasteiger partial charge in [-0.25, -0.2) is 9.48 Å². The van der Waals surface area contributed by atoms with E-state index in [1.807, 2.05) is 0 Å². The molecule has 2 rings (SSSR count). The van der Waals surface area contributed by atoms with E-state index in [4.69, 9.17) is 4.74 Å². The lowest BCUT2D eigenvalue weighted by Gasteiger charge is -2.13. The summed E-state index contributed by atoms with van der Waals surface area (Å²) < 4.78 is 6.10. The first kappa shape index (κ1) is 11.8. The Hall–Kier alpha value is -1.65. The van der Waals surface area contributed by atoms with Crippen LogP contribution in [0, 0.1) is 0 Å². The molecule has 5 heteroatoms. The smallest absolute Gasteiger partial charge is 0.330 e. The summed E-state index contributed by atoms with van der Waals surface area (Å²) in [4.78, 5) is 23.2. The molecule has 0 radical (unpaired) electrons. The SMILES string of the molecule is CCOC(=O)[C@@H](C)n1nc(C2CC2)ccc1=O. The van der Waals surface area contributed by atoms with E-state index in [1.54, 1.807) is 19.9 Å². The summed E-state index contributed by atoms with van der Waals surface area (Å²) in [6.07, 6.45) is 2.22. The number of hydrogen-bond acceptors (Lipinski definition) is 4. The van der Waals surface area contributed by atoms with Crippen LogP contribution in [0.5, 0.6) is 0 Å². The Kier molecular flexibility index (Phi) is 3.26. The zero-order valence-electron chi connectivity index (χ0n) is 10.0. The summed E-state index contributed by atoms with van der Waals surface area (Å²) in [6, 6.07) is 2.55. The molecule has 92 valence electrons. The van der Waals surface area contributed by atoms with E-state index in [-0.39, 0.29) is 5.56 Å². The quantitative estimate of drug-likeness (QED) is 0.738. The highest BCUT2D eigenvalue weighted by atomic mass is 16.5. The van der Waals surface area contributed by atoms with Gasteiger partial charge in [0.05, 0.1) is 12.3 Å². The lowest BCUT2D eigenvalue weighted by atomic mass is 10.2. The normalized spacial score (nSPS) is 16.6. The minimum Gasteiger partial charge on any atom is -0.464 e. The Morgan fingerprint density at radius 2 is 2.29 bits per heavy atom. The number of ether oxygens (including phenoxy) is 1. The molecule has 1 aromatic heterocycles. The Morgan fingerprint density at radius 1 is 1.59 bits per heavy atom. The molecule has 0 aliphatic heterocycles. The van der Waals surface area contributed by atoms with E-state index < -0.39 is 12.0 Å². The molecule has 1 fully saturated rings. The highest BCUT2D eigenvalue weighted by molar-refractivity contribution is 5.73. The fraction of sp³-hybridized carbons (Fsp3) is 0.583. The summed E-state index contributed by atoms with van der Waals surface area (Å²) in [5, 5.41) is 4.24. The second-order valence-corrected chi connectivity index (χ2v) is 4.24. The van der Waals surface area contributed by atoms with Crippen LogP contribution in [0.25, 0.3) is 0 Å². The van der Waals surface area contributed by atoms with Crippen molar-refractivity contribution in [2.75, 3.05) is 6.61 Å². The zero-order valence-corrected chi connectivity index (χ0v) is 10.0. The van der Waals surface area contributed by atoms with Crippen LogP contribution in [-0.4, -0.2) is 22.4 Å². The largest absolute Gasteiger partial charge is 0.464 e. The molecule has 0 spiro atoms. The summed E-state index contributed by atoms with van der Waals surface area (Å²) in [6.45, 7) is 3.67. The van der Waals surface area contributed by atoms with E-state index in [0.29, 0.717) is 12.5 Å². The van der Waals surface area contributed by atoms with Gasteiger partial charge in [-0.05, 0) is 32.8 Å². The van der Waals surface area contributed by atoms with Crippen LogP contribution in [0.3, 0.4) is 0 Å². The maximum atomic E-state index is 11.7. The molecular weight excluding hydrogens is 220 g/mol. The van der Waals surface area contributed by atoms with E-state index in [0.717, 1.165) is 18.5 Å². The van der Waals surface area contributed by atoms with Crippen LogP contribution in [-0.2, 0) is 9.53 Å². The van der Waals surface area contributed by atoms with Gasteiger partial charge < -0.3 is 4.74 Å². The van der Waals surface area contributed by atoms with E-state index >= 15 is 0 Å². The number of hydrogen-bond donors (Lipinski definition) is 0. The minimum absolute atomic E-state index is 0.269. The molecule has 1 aliphatic rings. The van der Waals surface area contributed by atoms with Gasteiger partial charge in [0.25, 0.3) is 5.56 Å². The average molecular weight is 236 g/mol. The first-order chi connectivity index (χ1) is 8.13. The lowest BCUT2D eigenvalue weighted by Crippen LogP contribution is -2.31. The Labute approximate surface area is 99.4 Å². The van der Waals surface area contributed by atoms with Crippen molar-refractivity contribution in [3.05, 3.63) is 28.2 Å². The van der Waals surface area contributed by atoms with Crippen LogP contribution in [0.2, 0.25) is 0 Å². The van der Waals surface area contributed by atoms with Gasteiger partial charge in [-0.3, -0.25) is 4.79 Å². The Morgan fingerprint density at radius 3 is 2.88 bits per heavy atom. The molecule has 1 saturated carbocycles. The molecule has 0 bridgehead atoms. The zero-order chi connectivity index (χ0) is 12.4. The maximum absolute atomic E-state index is 11.7. The van der Waals surface area contributed by atoms with Crippen LogP contribution in [0.15, 0.2) is 16.9 Å². The monoisotopic (exact) mass is 236 g/mol. The average Bonchev–Trinajstić information content (AvgIpc) is 3.13. The number of carbonyl (C=O) groups excluding carboxylic acids is 1. The Balaban J connectivity index is 2.26. The summed E-state index contributed by atoms with van der Waals surface area (Å²) in [5.41, 5.74) is 0.621. The van der Waals surface area contributed by atoms with Gasteiger partial charge in [-0.1, -0.05) is 0 Å². The first-order valence-corrected chi connectivity index (χ1v) is 5.90. The van der Waals surface area contributed by atoms with Gasteiger partial charge in [0.15, 0.2) is 6.04 Å². The first-order valence-electron chi connectivity index (χ1n) is 5.90. The standard InChI is InChI=1S/C12H16N2O3/c1-3-17-12(16)8(2)14-11(15)7-6-10(13-14)9-4-5-9/h6-9H,3-5H2,1-2H3/t8-/m1/s1. The van der Waals surface area contributed by atoms with E-state index in [1.165, 1.54) is 10.7 Å². The molecule has 1 atom stereocenters. The van der Waals surface area contributed by atoms with Crippen molar-refractivity contribution in [3.8, 4) is 0 Å². The van der Waals surface area contributed by atoms with E-state index in [2.05, 4.69) is 5.10 Å². The summed E-state index contributed by atoms with van der Waals surface area (Å²) >= 11 is 0. The summed E-state index contributed by atoms with van der Waals surface area (Å²) in [7, 11) is 0. The topological polar surface area (TPSA) is 61.2 Å². The molecule has 5 nitrogen and oxygen atoms in total. The van der Waals surface area contributed by atoms with Gasteiger partial charge >= 0.3 is 5.97 Å². The van der Waals surface area contributed by atoms with Crippen molar-refractivity contribution in [1.29, 1.82) is 0 Å². The second kappa shape index (κ2) is 4.69. The van der Waals surface area contributed by atoms with Crippen LogP contribution in [0.4, 0.5) is 0 Å². The molecule has 0 N–H and O–H groups in total. The number of aromatic nitrogens is 2. The van der Waals surface area contributed by atoms with Crippen LogP contribution >= 0.6 is 0 Å². The number of rotatable bonds is 4. The number of nitrogens with zero attached hydrogens (tertiary/aromatic N) is 2. The van der Waals surface area contributed by atoms with Gasteiger partial charge in [-0.15, -0.1) is 0 Å². The van der Waals surface area contributed by atoms with Crippen molar-refractivity contribution in [3.63, 3.8) is 0 Å². The van der Waals surface area contributed by atoms with Crippen molar-refractivity contribution in [2.45, 2.75) is 38.6 Å². The summed E-state index contributed by atoms with van der Waals surface area (Å²) in [5.74, 6) is 0.0336. The van der Waals surface area contributed by atoms with Crippen molar-refractivity contribution in [2.24, 2.45) is 0 Å². The molecule has 0 saturated heterocycles. The third-order valence-electron chi connectivity index (χ3n) is 2.84. The fourth-order valence-corrected chi connectivity index (χ4v) is 1.68. The van der Waals surface area contributed by atoms with Crippen LogP contribution < -0.4 is 5.56 Å². The third-order valence-corrected chi connectivity index (χ3v) is 2.84. The molecule has 1 aromatic rings. The molecule has 0 unspecified atom stereocenters. The Bertz CT molecular complexity index is 477. The van der Waals surface area contributed by atoms with Crippen molar-refractivity contribution < 1.29 is 9.53 Å². The van der Waals surface area contributed by atoms with Gasteiger partial charge in [0.1, 0.15) is 0 Å². The van der Waals surface area contributed by atoms with Gasteiger partial charge in [0, 0.05) is 12.0 Å². The predicted molar refractivity (Wildman–Crippen MR) is 61.8 cm³/mol. The lowest BCUT2D eigenvalue weighted by molar-refractivity contribution is -0.147. The highest BCUT2D eigenvalue weighted by Crippen LogP contribution is 2.38. The van der Waals surface area contributed by atoms with Crippen LogP contribution in [0.1, 0.15) is 44.3 Å². The third kappa shape index (κ3) is 2.54. The minimum atomic E-state index is -0.666. The fourth-order valence-electron chi connectivity index (χ4n) is 1.68. The highest BCUT2D eigenvalue weighted by Gasteiger charge is 2.27. The maximum Gasteiger partial charge on any atom is 0.330 e. The molecule has 1 aliphatic carbocycles. The molecule has 17 heavy (non-hydrogen) atoms. The van der Waals surface area contributed by atoms with E-state index in [9.17, 15) is 9.59 Å². The molecule has 0 aromatic carbocycles. The second-order valence-electron chi connectivity index (χ2n) is 4.24. The predicted octanol–water partition coefficient (Wildman–Crippen LogP) is 1.24. The van der Waals surface area contributed by atoms with Crippen molar-refractivity contribution >= 4 is 5.97 Å². The van der Waals surface area contributed by atoms with Crippen molar-refractivity contribution in [1.82, 2.24) is 9.78 Å². The molecular formula is C12H16N2O3. The van der Waals surface area contributed by atoms with Gasteiger partial charge in [0.2, 0.25) is 0 Å².